The number of benzene rings is 1. The number of methoxy groups -OCH3 is 1. The second-order valence-corrected chi connectivity index (χ2v) is 10.1. The Hall–Kier alpha value is -2.42. The predicted octanol–water partition coefficient (Wildman–Crippen LogP) is 3.95. The Morgan fingerprint density at radius 3 is 2.50 bits per heavy atom. The lowest BCUT2D eigenvalue weighted by molar-refractivity contribution is -0.118. The summed E-state index contributed by atoms with van der Waals surface area (Å²) in [4.78, 5) is 23.8. The molecule has 2 N–H and O–H groups in total. The molecule has 1 aromatic rings. The molecular weight excluding hydrogens is 436 g/mol. The van der Waals surface area contributed by atoms with E-state index in [9.17, 15) is 9.59 Å². The van der Waals surface area contributed by atoms with Crippen LogP contribution in [0.15, 0.2) is 35.9 Å². The number of hydrogen-bond acceptors (Lipinski definition) is 6. The number of nitrogens with one attached hydrogen (secondary N) is 2. The fraction of sp³-hybridized carbons (Fsp3) is 0.615. The predicted molar refractivity (Wildman–Crippen MR) is 127 cm³/mol. The summed E-state index contributed by atoms with van der Waals surface area (Å²) in [6, 6.07) is 7.30. The molecule has 34 heavy (non-hydrogen) atoms. The first-order valence-electron chi connectivity index (χ1n) is 12.0. The van der Waals surface area contributed by atoms with E-state index < -0.39 is 6.09 Å². The van der Waals surface area contributed by atoms with E-state index >= 15 is 0 Å². The van der Waals surface area contributed by atoms with Crippen LogP contribution in [0.3, 0.4) is 0 Å². The van der Waals surface area contributed by atoms with E-state index in [4.69, 9.17) is 18.9 Å². The Balaban J connectivity index is 1.36. The number of epoxide rings is 2. The molecule has 4 rings (SSSR count). The normalized spacial score (nSPS) is 33.7. The lowest BCUT2D eigenvalue weighted by atomic mass is 9.68. The smallest absolute Gasteiger partial charge is 0.407 e. The molecule has 0 radical (unpaired) electrons. The number of anilines is 1. The van der Waals surface area contributed by atoms with E-state index in [1.54, 1.807) is 19.2 Å². The molecule has 3 fully saturated rings. The number of carbonyl (C=O) groups is 2. The van der Waals surface area contributed by atoms with Gasteiger partial charge in [0.15, 0.2) is 0 Å². The molecule has 2 saturated heterocycles. The Kier molecular flexibility index (Phi) is 7.03. The molecule has 1 aliphatic carbocycles. The highest BCUT2D eigenvalue weighted by Gasteiger charge is 2.72. The Morgan fingerprint density at radius 2 is 1.91 bits per heavy atom. The van der Waals surface area contributed by atoms with Crippen LogP contribution in [-0.2, 0) is 30.3 Å². The molecule has 1 saturated carbocycles. The molecule has 0 aromatic heterocycles. The second kappa shape index (κ2) is 9.68. The van der Waals surface area contributed by atoms with Crippen molar-refractivity contribution < 1.29 is 28.5 Å². The number of carbonyl (C=O) groups excluding carboxylic acids is 2. The van der Waals surface area contributed by atoms with Gasteiger partial charge in [-0.25, -0.2) is 4.79 Å². The molecule has 8 heteroatoms. The summed E-state index contributed by atoms with van der Waals surface area (Å²) in [5.74, 6) is -0.131. The van der Waals surface area contributed by atoms with Crippen molar-refractivity contribution in [3.8, 4) is 0 Å². The van der Waals surface area contributed by atoms with Gasteiger partial charge in [-0.05, 0) is 57.7 Å². The topological polar surface area (TPSA) is 102 Å². The first kappa shape index (κ1) is 24.7. The van der Waals surface area contributed by atoms with Crippen LogP contribution in [0.1, 0.15) is 52.5 Å². The van der Waals surface area contributed by atoms with Crippen molar-refractivity contribution in [1.29, 1.82) is 0 Å². The van der Waals surface area contributed by atoms with Gasteiger partial charge in [0.2, 0.25) is 5.91 Å². The molecule has 2 amide bonds. The lowest BCUT2D eigenvalue weighted by Crippen LogP contribution is -2.56. The SMILES string of the molecule is CO[C@H]1[C@H](C2(C)O[C@@H]2CC=C(C)C)[C@]2(CC[C@H]1OC(=O)NCc1ccc(NC(C)=O)cc1)CO2. The number of rotatable bonds is 8. The minimum absolute atomic E-state index is 0.00608. The first-order chi connectivity index (χ1) is 16.2. The van der Waals surface area contributed by atoms with Gasteiger partial charge in [-0.2, -0.15) is 0 Å². The van der Waals surface area contributed by atoms with Gasteiger partial charge in [0.25, 0.3) is 0 Å². The molecule has 2 aliphatic heterocycles. The van der Waals surface area contributed by atoms with Gasteiger partial charge in [-0.15, -0.1) is 0 Å². The summed E-state index contributed by atoms with van der Waals surface area (Å²) in [7, 11) is 1.67. The van der Waals surface area contributed by atoms with E-state index in [1.807, 2.05) is 12.1 Å². The monoisotopic (exact) mass is 472 g/mol. The Labute approximate surface area is 201 Å². The number of ether oxygens (including phenoxy) is 4. The van der Waals surface area contributed by atoms with Crippen LogP contribution in [0.5, 0.6) is 0 Å². The highest BCUT2D eigenvalue weighted by molar-refractivity contribution is 5.88. The maximum Gasteiger partial charge on any atom is 0.407 e. The third-order valence-corrected chi connectivity index (χ3v) is 7.21. The van der Waals surface area contributed by atoms with E-state index in [2.05, 4.69) is 37.5 Å². The van der Waals surface area contributed by atoms with Gasteiger partial charge < -0.3 is 29.6 Å². The van der Waals surface area contributed by atoms with Gasteiger partial charge in [0.1, 0.15) is 23.4 Å². The third-order valence-electron chi connectivity index (χ3n) is 7.21. The summed E-state index contributed by atoms with van der Waals surface area (Å²) < 4.78 is 23.9. The summed E-state index contributed by atoms with van der Waals surface area (Å²) in [6.45, 7) is 8.78. The molecule has 3 aliphatic rings. The van der Waals surface area contributed by atoms with Gasteiger partial charge in [0, 0.05) is 26.3 Å². The lowest BCUT2D eigenvalue weighted by Gasteiger charge is -2.42. The molecule has 1 unspecified atom stereocenters. The Bertz CT molecular complexity index is 937. The average Bonchev–Trinajstić information content (AvgIpc) is 3.70. The highest BCUT2D eigenvalue weighted by Crippen LogP contribution is 2.59. The molecule has 8 nitrogen and oxygen atoms in total. The van der Waals surface area contributed by atoms with Crippen LogP contribution in [0, 0.1) is 5.92 Å². The third kappa shape index (κ3) is 5.29. The first-order valence-corrected chi connectivity index (χ1v) is 12.0. The summed E-state index contributed by atoms with van der Waals surface area (Å²) in [5, 5.41) is 5.55. The largest absolute Gasteiger partial charge is 0.443 e. The number of hydrogen-bond donors (Lipinski definition) is 2. The van der Waals surface area contributed by atoms with Crippen LogP contribution < -0.4 is 10.6 Å². The van der Waals surface area contributed by atoms with Crippen molar-refractivity contribution in [2.24, 2.45) is 5.92 Å². The standard InChI is InChI=1S/C26H36N2O6/c1-16(2)6-11-21-25(4,34-21)23-22(31-5)20(12-13-26(23)15-32-26)33-24(30)27-14-18-7-9-19(10-8-18)28-17(3)29/h6-10,20-23H,11-15H2,1-5H3,(H,27,30)(H,28,29)/t20-,21-,22-,23-,25?,26+/m1/s1. The highest BCUT2D eigenvalue weighted by atomic mass is 16.6. The molecular formula is C26H36N2O6. The maximum atomic E-state index is 12.6. The van der Waals surface area contributed by atoms with E-state index in [0.29, 0.717) is 25.3 Å². The zero-order chi connectivity index (χ0) is 24.5. The van der Waals surface area contributed by atoms with Crippen molar-refractivity contribution >= 4 is 17.7 Å². The molecule has 0 bridgehead atoms. The molecule has 1 spiro atoms. The molecule has 2 heterocycles. The van der Waals surface area contributed by atoms with Crippen molar-refractivity contribution in [3.63, 3.8) is 0 Å². The minimum Gasteiger partial charge on any atom is -0.443 e. The minimum atomic E-state index is -0.479. The van der Waals surface area contributed by atoms with Crippen LogP contribution in [-0.4, -0.2) is 55.2 Å². The average molecular weight is 473 g/mol. The van der Waals surface area contributed by atoms with Crippen LogP contribution in [0.2, 0.25) is 0 Å². The van der Waals surface area contributed by atoms with E-state index in [1.165, 1.54) is 12.5 Å². The Morgan fingerprint density at radius 1 is 1.21 bits per heavy atom. The van der Waals surface area contributed by atoms with Crippen molar-refractivity contribution in [1.82, 2.24) is 5.32 Å². The zero-order valence-electron chi connectivity index (χ0n) is 20.7. The molecule has 1 aromatic carbocycles. The molecule has 186 valence electrons. The van der Waals surface area contributed by atoms with Crippen molar-refractivity contribution in [2.45, 2.75) is 83.0 Å². The fourth-order valence-corrected chi connectivity index (χ4v) is 5.33. The second-order valence-electron chi connectivity index (χ2n) is 10.1. The summed E-state index contributed by atoms with van der Waals surface area (Å²) in [6.07, 6.45) is 3.50. The van der Waals surface area contributed by atoms with E-state index in [0.717, 1.165) is 18.4 Å². The van der Waals surface area contributed by atoms with Crippen molar-refractivity contribution in [3.05, 3.63) is 41.5 Å². The zero-order valence-corrected chi connectivity index (χ0v) is 20.7. The van der Waals surface area contributed by atoms with Crippen LogP contribution >= 0.6 is 0 Å². The van der Waals surface area contributed by atoms with Crippen LogP contribution in [0.25, 0.3) is 0 Å². The number of alkyl carbamates (subject to hydrolysis) is 1. The van der Waals surface area contributed by atoms with Gasteiger partial charge >= 0.3 is 6.09 Å². The number of allylic oxidation sites excluding steroid dienone is 1. The quantitative estimate of drug-likeness (QED) is 0.439. The summed E-state index contributed by atoms with van der Waals surface area (Å²) >= 11 is 0. The molecule has 6 atom stereocenters. The fourth-order valence-electron chi connectivity index (χ4n) is 5.33. The number of amides is 2. The maximum absolute atomic E-state index is 12.6. The van der Waals surface area contributed by atoms with Crippen molar-refractivity contribution in [2.75, 3.05) is 19.0 Å². The van der Waals surface area contributed by atoms with Gasteiger partial charge in [0.05, 0.1) is 18.6 Å². The summed E-state index contributed by atoms with van der Waals surface area (Å²) in [5.41, 5.74) is 2.27. The van der Waals surface area contributed by atoms with Gasteiger partial charge in [-0.1, -0.05) is 23.8 Å². The van der Waals surface area contributed by atoms with Crippen LogP contribution in [0.4, 0.5) is 10.5 Å². The van der Waals surface area contributed by atoms with Gasteiger partial charge in [-0.3, -0.25) is 4.79 Å². The van der Waals surface area contributed by atoms with E-state index in [-0.39, 0.29) is 41.3 Å².